The van der Waals surface area contributed by atoms with E-state index < -0.39 is 17.8 Å². The van der Waals surface area contributed by atoms with Crippen LogP contribution in [0.2, 0.25) is 0 Å². The van der Waals surface area contributed by atoms with E-state index in [1.165, 1.54) is 12.4 Å². The summed E-state index contributed by atoms with van der Waals surface area (Å²) in [6.45, 7) is 2.25. The highest BCUT2D eigenvalue weighted by atomic mass is 19.4. The van der Waals surface area contributed by atoms with Crippen molar-refractivity contribution >= 4 is 28.5 Å². The summed E-state index contributed by atoms with van der Waals surface area (Å²) in [7, 11) is 0. The molecule has 0 radical (unpaired) electrons. The molecule has 1 saturated carbocycles. The van der Waals surface area contributed by atoms with E-state index in [1.807, 2.05) is 0 Å². The van der Waals surface area contributed by atoms with Crippen LogP contribution in [0.1, 0.15) is 44.6 Å². The van der Waals surface area contributed by atoms with Crippen molar-refractivity contribution in [2.45, 2.75) is 69.4 Å². The number of fused-ring (bicyclic) bond motifs is 1. The normalized spacial score (nSPS) is 26.0. The Balaban J connectivity index is 1.54. The molecule has 4 atom stereocenters. The number of carbonyl (C=O) groups is 2. The van der Waals surface area contributed by atoms with Gasteiger partial charge in [0.25, 0.3) is 0 Å². The molecule has 1 aromatic carbocycles. The van der Waals surface area contributed by atoms with Gasteiger partial charge in [-0.05, 0) is 43.9 Å². The Bertz CT molecular complexity index is 1050. The van der Waals surface area contributed by atoms with Crippen LogP contribution in [0.4, 0.5) is 19.0 Å². The molecule has 2 aliphatic rings. The number of rotatable bonds is 5. The molecule has 2 aromatic rings. The quantitative estimate of drug-likeness (QED) is 0.627. The molecule has 0 spiro atoms. The first-order chi connectivity index (χ1) is 15.7. The second-order valence-corrected chi connectivity index (χ2v) is 8.64. The molecule has 33 heavy (non-hydrogen) atoms. The van der Waals surface area contributed by atoms with Crippen molar-refractivity contribution in [3.63, 3.8) is 0 Å². The second kappa shape index (κ2) is 9.12. The first-order valence-corrected chi connectivity index (χ1v) is 11.1. The molecular formula is C22H27F3N6O2. The van der Waals surface area contributed by atoms with Crippen LogP contribution in [0.3, 0.4) is 0 Å². The van der Waals surface area contributed by atoms with Crippen LogP contribution in [0.15, 0.2) is 24.5 Å². The number of anilines is 1. The lowest BCUT2D eigenvalue weighted by molar-refractivity contribution is -0.137. The number of alkyl halides is 3. The number of likely N-dealkylation sites (tertiary alicyclic amines) is 1. The number of amides is 2. The van der Waals surface area contributed by atoms with Gasteiger partial charge in [-0.25, -0.2) is 9.97 Å². The molecule has 11 heteroatoms. The van der Waals surface area contributed by atoms with Crippen LogP contribution in [0.25, 0.3) is 10.9 Å². The standard InChI is InChI=1S/C22H27F3N6O2/c1-2-19(32)29-17-10-13(26)4-6-18(17)31-8-7-16(21(31)33)30-20-14-9-12(22(23,24)25)3-5-15(14)27-11-28-20/h3,5,9,11,13,16-18H,2,4,6-8,10,26H2,1H3,(H,29,32)(H,27,28,30)/t13-,16?,17-,18+/m1/s1. The van der Waals surface area contributed by atoms with E-state index in [4.69, 9.17) is 5.73 Å². The molecule has 1 aliphatic heterocycles. The fourth-order valence-electron chi connectivity index (χ4n) is 4.70. The number of hydrogen-bond donors (Lipinski definition) is 3. The predicted molar refractivity (Wildman–Crippen MR) is 116 cm³/mol. The lowest BCUT2D eigenvalue weighted by Gasteiger charge is -2.40. The van der Waals surface area contributed by atoms with Crippen LogP contribution >= 0.6 is 0 Å². The highest BCUT2D eigenvalue weighted by molar-refractivity contribution is 5.93. The molecule has 178 valence electrons. The smallest absolute Gasteiger partial charge is 0.358 e. The Morgan fingerprint density at radius 2 is 2.03 bits per heavy atom. The van der Waals surface area contributed by atoms with Gasteiger partial charge in [-0.1, -0.05) is 6.92 Å². The fraction of sp³-hybridized carbons (Fsp3) is 0.545. The maximum atomic E-state index is 13.2. The fourth-order valence-corrected chi connectivity index (χ4v) is 4.70. The average molecular weight is 464 g/mol. The van der Waals surface area contributed by atoms with E-state index in [0.717, 1.165) is 18.6 Å². The lowest BCUT2D eigenvalue weighted by Crippen LogP contribution is -2.57. The summed E-state index contributed by atoms with van der Waals surface area (Å²) < 4.78 is 39.6. The number of hydrogen-bond acceptors (Lipinski definition) is 6. The van der Waals surface area contributed by atoms with E-state index in [9.17, 15) is 22.8 Å². The van der Waals surface area contributed by atoms with Crippen LogP contribution in [-0.2, 0) is 15.8 Å². The third-order valence-electron chi connectivity index (χ3n) is 6.44. The number of nitrogens with zero attached hydrogens (tertiary/aromatic N) is 3. The first-order valence-electron chi connectivity index (χ1n) is 11.1. The zero-order valence-corrected chi connectivity index (χ0v) is 18.2. The van der Waals surface area contributed by atoms with Gasteiger partial charge in [0.1, 0.15) is 18.2 Å². The van der Waals surface area contributed by atoms with Crippen molar-refractivity contribution < 1.29 is 22.8 Å². The zero-order chi connectivity index (χ0) is 23.8. The van der Waals surface area contributed by atoms with Crippen LogP contribution in [-0.4, -0.2) is 57.4 Å². The molecule has 1 aromatic heterocycles. The lowest BCUT2D eigenvalue weighted by atomic mass is 9.86. The number of carbonyl (C=O) groups excluding carboxylic acids is 2. The Morgan fingerprint density at radius 3 is 2.76 bits per heavy atom. The number of nitrogens with one attached hydrogen (secondary N) is 2. The van der Waals surface area contributed by atoms with E-state index in [1.54, 1.807) is 11.8 Å². The topological polar surface area (TPSA) is 113 Å². The Morgan fingerprint density at radius 1 is 1.24 bits per heavy atom. The van der Waals surface area contributed by atoms with Gasteiger partial charge in [0.15, 0.2) is 0 Å². The summed E-state index contributed by atoms with van der Waals surface area (Å²) in [5, 5.41) is 6.23. The van der Waals surface area contributed by atoms with Crippen LogP contribution in [0.5, 0.6) is 0 Å². The van der Waals surface area contributed by atoms with Crippen LogP contribution < -0.4 is 16.4 Å². The molecule has 4 rings (SSSR count). The summed E-state index contributed by atoms with van der Waals surface area (Å²) in [6, 6.07) is 2.20. The van der Waals surface area contributed by atoms with Crippen molar-refractivity contribution in [2.24, 2.45) is 5.73 Å². The first kappa shape index (κ1) is 23.2. The third-order valence-corrected chi connectivity index (χ3v) is 6.44. The highest BCUT2D eigenvalue weighted by Gasteiger charge is 2.42. The molecule has 1 unspecified atom stereocenters. The third kappa shape index (κ3) is 4.87. The van der Waals surface area contributed by atoms with E-state index >= 15 is 0 Å². The second-order valence-electron chi connectivity index (χ2n) is 8.64. The van der Waals surface area contributed by atoms with Gasteiger partial charge in [0, 0.05) is 24.4 Å². The summed E-state index contributed by atoms with van der Waals surface area (Å²) >= 11 is 0. The Hall–Kier alpha value is -2.95. The van der Waals surface area contributed by atoms with Gasteiger partial charge in [-0.2, -0.15) is 13.2 Å². The molecule has 4 N–H and O–H groups in total. The van der Waals surface area contributed by atoms with Gasteiger partial charge in [-0.15, -0.1) is 0 Å². The minimum atomic E-state index is -4.50. The van der Waals surface area contributed by atoms with Gasteiger partial charge in [-0.3, -0.25) is 9.59 Å². The van der Waals surface area contributed by atoms with E-state index in [2.05, 4.69) is 20.6 Å². The summed E-state index contributed by atoms with van der Waals surface area (Å²) in [5.74, 6) is -0.0638. The van der Waals surface area contributed by atoms with Crippen molar-refractivity contribution in [3.8, 4) is 0 Å². The van der Waals surface area contributed by atoms with Crippen molar-refractivity contribution in [1.29, 1.82) is 0 Å². The summed E-state index contributed by atoms with van der Waals surface area (Å²) in [4.78, 5) is 35.1. The molecular weight excluding hydrogens is 437 g/mol. The van der Waals surface area contributed by atoms with Gasteiger partial charge in [0.2, 0.25) is 11.8 Å². The summed E-state index contributed by atoms with van der Waals surface area (Å²) in [6.07, 6.45) is -0.400. The minimum Gasteiger partial charge on any atom is -0.358 e. The number of aromatic nitrogens is 2. The van der Waals surface area contributed by atoms with Crippen molar-refractivity contribution in [1.82, 2.24) is 20.2 Å². The average Bonchev–Trinajstić information content (AvgIpc) is 3.13. The zero-order valence-electron chi connectivity index (χ0n) is 18.2. The van der Waals surface area contributed by atoms with Crippen LogP contribution in [0, 0.1) is 0 Å². The van der Waals surface area contributed by atoms with E-state index in [-0.39, 0.29) is 41.1 Å². The van der Waals surface area contributed by atoms with Crippen molar-refractivity contribution in [2.75, 3.05) is 11.9 Å². The molecule has 2 fully saturated rings. The maximum Gasteiger partial charge on any atom is 0.416 e. The molecule has 2 heterocycles. The molecule has 1 saturated heterocycles. The minimum absolute atomic E-state index is 0.0368. The maximum absolute atomic E-state index is 13.2. The molecule has 1 aliphatic carbocycles. The van der Waals surface area contributed by atoms with Gasteiger partial charge >= 0.3 is 6.18 Å². The predicted octanol–water partition coefficient (Wildman–Crippen LogP) is 2.44. The van der Waals surface area contributed by atoms with E-state index in [0.29, 0.717) is 37.7 Å². The largest absolute Gasteiger partial charge is 0.416 e. The Labute approximate surface area is 189 Å². The van der Waals surface area contributed by atoms with Gasteiger partial charge < -0.3 is 21.3 Å². The monoisotopic (exact) mass is 464 g/mol. The summed E-state index contributed by atoms with van der Waals surface area (Å²) in [5.41, 5.74) is 5.65. The number of nitrogens with two attached hydrogens (primary N) is 1. The number of benzene rings is 1. The molecule has 0 bridgehead atoms. The SMILES string of the molecule is CCC(=O)N[C@@H]1C[C@H](N)CC[C@@H]1N1CCC(Nc2ncnc3ccc(C(F)(F)F)cc23)C1=O. The number of halogens is 3. The highest BCUT2D eigenvalue weighted by Crippen LogP contribution is 2.33. The molecule has 8 nitrogen and oxygen atoms in total. The van der Waals surface area contributed by atoms with Gasteiger partial charge in [0.05, 0.1) is 23.2 Å². The van der Waals surface area contributed by atoms with Crippen molar-refractivity contribution in [3.05, 3.63) is 30.1 Å². The Kier molecular flexibility index (Phi) is 6.42. The molecule has 2 amide bonds.